The molecule has 3 N–H and O–H groups in total. The number of carbonyl (C=O) groups excluding carboxylic acids is 3. The van der Waals surface area contributed by atoms with Crippen LogP contribution in [-0.2, 0) is 20.7 Å². The summed E-state index contributed by atoms with van der Waals surface area (Å²) in [5, 5.41) is 11.2. The average molecular weight is 493 g/mol. The second-order valence-electron chi connectivity index (χ2n) is 8.49. The van der Waals surface area contributed by atoms with Crippen molar-refractivity contribution in [3.63, 3.8) is 0 Å². The van der Waals surface area contributed by atoms with Crippen LogP contribution in [-0.4, -0.2) is 85.7 Å². The summed E-state index contributed by atoms with van der Waals surface area (Å²) in [7, 11) is 2.66. The van der Waals surface area contributed by atoms with E-state index >= 15 is 0 Å². The summed E-state index contributed by atoms with van der Waals surface area (Å²) >= 11 is 0. The molecule has 190 valence electrons. The Kier molecular flexibility index (Phi) is 10.0. The van der Waals surface area contributed by atoms with E-state index in [2.05, 4.69) is 34.2 Å². The minimum atomic E-state index is -1.51. The number of likely N-dealkylation sites (N-methyl/N-ethyl adjacent to an activating group) is 2. The predicted molar refractivity (Wildman–Crippen MR) is 134 cm³/mol. The number of nitrogens with zero attached hydrogens (tertiary/aromatic N) is 2. The first-order chi connectivity index (χ1) is 17.4. The van der Waals surface area contributed by atoms with Crippen molar-refractivity contribution in [2.24, 2.45) is 0 Å². The largest absolute Gasteiger partial charge is 0.380 e. The fraction of sp³-hybridized carbons (Fsp3) is 0.370. The first-order valence-corrected chi connectivity index (χ1v) is 11.9. The summed E-state index contributed by atoms with van der Waals surface area (Å²) in [4.78, 5) is 40.0. The molecule has 3 rings (SSSR count). The molecule has 1 unspecified atom stereocenters. The van der Waals surface area contributed by atoms with Crippen LogP contribution in [0.5, 0.6) is 0 Å². The lowest BCUT2D eigenvalue weighted by molar-refractivity contribution is -0.140. The van der Waals surface area contributed by atoms with Crippen LogP contribution in [0.4, 0.5) is 0 Å². The summed E-state index contributed by atoms with van der Waals surface area (Å²) in [6.45, 7) is 4.73. The molecule has 0 radical (unpaired) electrons. The zero-order chi connectivity index (χ0) is 25.9. The van der Waals surface area contributed by atoms with Crippen LogP contribution >= 0.6 is 0 Å². The molecule has 0 saturated carbocycles. The van der Waals surface area contributed by atoms with Gasteiger partial charge in [0.1, 0.15) is 0 Å². The Hall–Kier alpha value is -3.71. The Morgan fingerprint density at radius 3 is 2.25 bits per heavy atom. The molecule has 2 aromatic carbocycles. The molecule has 1 saturated heterocycles. The SMILES string of the molecule is CNC(=O)C(C(=O)NO)N(C)C(=O)c1ccc(C#Cc2ccc(CCN3CCCOCC3)cc2)cc1. The van der Waals surface area contributed by atoms with Gasteiger partial charge in [-0.05, 0) is 54.8 Å². The molecule has 1 aliphatic heterocycles. The average Bonchev–Trinajstić information content (AvgIpc) is 3.20. The fourth-order valence-electron chi connectivity index (χ4n) is 3.89. The van der Waals surface area contributed by atoms with Gasteiger partial charge < -0.3 is 19.9 Å². The monoisotopic (exact) mass is 492 g/mol. The van der Waals surface area contributed by atoms with E-state index in [1.807, 2.05) is 12.1 Å². The number of carbonyl (C=O) groups is 3. The van der Waals surface area contributed by atoms with E-state index in [0.29, 0.717) is 0 Å². The third-order valence-corrected chi connectivity index (χ3v) is 6.03. The van der Waals surface area contributed by atoms with Gasteiger partial charge in [0.2, 0.25) is 0 Å². The number of hydroxylamine groups is 1. The lowest BCUT2D eigenvalue weighted by Gasteiger charge is -2.25. The van der Waals surface area contributed by atoms with Crippen molar-refractivity contribution in [1.82, 2.24) is 20.6 Å². The third-order valence-electron chi connectivity index (χ3n) is 6.03. The number of hydrogen-bond acceptors (Lipinski definition) is 6. The molecule has 3 amide bonds. The van der Waals surface area contributed by atoms with Gasteiger partial charge in [0, 0.05) is 57.0 Å². The highest BCUT2D eigenvalue weighted by atomic mass is 16.5. The molecule has 1 atom stereocenters. The smallest absolute Gasteiger partial charge is 0.275 e. The van der Waals surface area contributed by atoms with Crippen LogP contribution in [0.25, 0.3) is 0 Å². The lowest BCUT2D eigenvalue weighted by Crippen LogP contribution is -2.54. The van der Waals surface area contributed by atoms with E-state index in [1.165, 1.54) is 25.1 Å². The number of benzene rings is 2. The fourth-order valence-corrected chi connectivity index (χ4v) is 3.89. The van der Waals surface area contributed by atoms with Crippen LogP contribution in [0.2, 0.25) is 0 Å². The lowest BCUT2D eigenvalue weighted by atomic mass is 10.1. The molecule has 0 aromatic heterocycles. The molecule has 1 heterocycles. The van der Waals surface area contributed by atoms with Crippen molar-refractivity contribution < 1.29 is 24.3 Å². The van der Waals surface area contributed by atoms with Gasteiger partial charge in [0.25, 0.3) is 17.7 Å². The standard InChI is InChI=1S/C27H32N4O5/c1-28-25(32)24(26(33)29-35)30(2)27(34)23-12-10-21(11-13-23)5-4-20-6-8-22(9-7-20)14-16-31-15-3-18-36-19-17-31/h6-13,24,35H,3,14-19H2,1-2H3,(H,28,32)(H,29,33). The zero-order valence-corrected chi connectivity index (χ0v) is 20.6. The maximum absolute atomic E-state index is 12.8. The maximum Gasteiger partial charge on any atom is 0.275 e. The predicted octanol–water partition coefficient (Wildman–Crippen LogP) is 1.04. The molecular formula is C27H32N4O5. The highest BCUT2D eigenvalue weighted by Crippen LogP contribution is 2.11. The van der Waals surface area contributed by atoms with Crippen molar-refractivity contribution in [2.45, 2.75) is 18.9 Å². The number of hydrogen-bond donors (Lipinski definition) is 3. The number of rotatable bonds is 7. The van der Waals surface area contributed by atoms with Crippen molar-refractivity contribution in [3.8, 4) is 11.8 Å². The van der Waals surface area contributed by atoms with Gasteiger partial charge >= 0.3 is 0 Å². The summed E-state index contributed by atoms with van der Waals surface area (Å²) in [6.07, 6.45) is 2.07. The van der Waals surface area contributed by atoms with Gasteiger partial charge in [0.05, 0.1) is 6.61 Å². The van der Waals surface area contributed by atoms with Crippen molar-refractivity contribution in [3.05, 3.63) is 70.8 Å². The van der Waals surface area contributed by atoms with Crippen LogP contribution in [0.1, 0.15) is 33.5 Å². The summed E-state index contributed by atoms with van der Waals surface area (Å²) in [5.41, 5.74) is 4.58. The molecular weight excluding hydrogens is 460 g/mol. The van der Waals surface area contributed by atoms with Gasteiger partial charge in [-0.1, -0.05) is 24.0 Å². The molecule has 9 nitrogen and oxygen atoms in total. The van der Waals surface area contributed by atoms with Gasteiger partial charge in [-0.15, -0.1) is 0 Å². The maximum atomic E-state index is 12.8. The van der Waals surface area contributed by atoms with E-state index in [1.54, 1.807) is 24.3 Å². The summed E-state index contributed by atoms with van der Waals surface area (Å²) in [6, 6.07) is 13.3. The van der Waals surface area contributed by atoms with E-state index < -0.39 is 23.8 Å². The Balaban J connectivity index is 1.59. The molecule has 0 bridgehead atoms. The number of nitrogens with one attached hydrogen (secondary N) is 2. The van der Waals surface area contributed by atoms with Gasteiger partial charge in [-0.25, -0.2) is 5.48 Å². The van der Waals surface area contributed by atoms with E-state index in [4.69, 9.17) is 9.94 Å². The van der Waals surface area contributed by atoms with Gasteiger partial charge in [-0.3, -0.25) is 19.6 Å². The highest BCUT2D eigenvalue weighted by molar-refractivity contribution is 6.08. The molecule has 2 aromatic rings. The Morgan fingerprint density at radius 2 is 1.64 bits per heavy atom. The highest BCUT2D eigenvalue weighted by Gasteiger charge is 2.33. The molecule has 0 spiro atoms. The summed E-state index contributed by atoms with van der Waals surface area (Å²) < 4.78 is 5.51. The minimum Gasteiger partial charge on any atom is -0.380 e. The third kappa shape index (κ3) is 7.39. The summed E-state index contributed by atoms with van der Waals surface area (Å²) in [5.74, 6) is 3.95. The van der Waals surface area contributed by atoms with Gasteiger partial charge in [0.15, 0.2) is 6.04 Å². The van der Waals surface area contributed by atoms with E-state index in [-0.39, 0.29) is 5.56 Å². The Bertz CT molecular complexity index is 1080. The number of amides is 3. The van der Waals surface area contributed by atoms with Crippen LogP contribution in [0.15, 0.2) is 48.5 Å². The Labute approximate surface area is 211 Å². The van der Waals surface area contributed by atoms with Crippen molar-refractivity contribution >= 4 is 17.7 Å². The van der Waals surface area contributed by atoms with Crippen LogP contribution < -0.4 is 10.8 Å². The second-order valence-corrected chi connectivity index (χ2v) is 8.49. The molecule has 36 heavy (non-hydrogen) atoms. The first-order valence-electron chi connectivity index (χ1n) is 11.9. The molecule has 9 heteroatoms. The topological polar surface area (TPSA) is 111 Å². The van der Waals surface area contributed by atoms with E-state index in [9.17, 15) is 14.4 Å². The minimum absolute atomic E-state index is 0.281. The first kappa shape index (κ1) is 26.9. The van der Waals surface area contributed by atoms with Gasteiger partial charge in [-0.2, -0.15) is 0 Å². The zero-order valence-electron chi connectivity index (χ0n) is 20.6. The van der Waals surface area contributed by atoms with Crippen LogP contribution in [0.3, 0.4) is 0 Å². The second kappa shape index (κ2) is 13.4. The molecule has 0 aliphatic carbocycles. The molecule has 1 aliphatic rings. The van der Waals surface area contributed by atoms with E-state index in [0.717, 1.165) is 61.7 Å². The van der Waals surface area contributed by atoms with Crippen molar-refractivity contribution in [1.29, 1.82) is 0 Å². The normalized spacial score (nSPS) is 14.5. The number of ether oxygens (including phenoxy) is 1. The van der Waals surface area contributed by atoms with Crippen LogP contribution in [0, 0.1) is 11.8 Å². The quantitative estimate of drug-likeness (QED) is 0.231. The Morgan fingerprint density at radius 1 is 1.00 bits per heavy atom. The van der Waals surface area contributed by atoms with Crippen molar-refractivity contribution in [2.75, 3.05) is 46.9 Å². The molecule has 1 fully saturated rings.